The molecule has 1 atom stereocenters. The summed E-state index contributed by atoms with van der Waals surface area (Å²) >= 11 is 0. The third-order valence-corrected chi connectivity index (χ3v) is 3.22. The number of hydrogen-bond acceptors (Lipinski definition) is 2. The summed E-state index contributed by atoms with van der Waals surface area (Å²) in [6.45, 7) is 3.57. The summed E-state index contributed by atoms with van der Waals surface area (Å²) in [6, 6.07) is 4.80. The van der Waals surface area contributed by atoms with Gasteiger partial charge >= 0.3 is 6.18 Å². The monoisotopic (exact) mass is 273 g/mol. The van der Waals surface area contributed by atoms with Crippen LogP contribution in [0.4, 0.5) is 13.2 Å². The number of rotatable bonds is 5. The van der Waals surface area contributed by atoms with Gasteiger partial charge in [0, 0.05) is 6.04 Å². The Kier molecular flexibility index (Phi) is 4.47. The molecule has 0 saturated carbocycles. The van der Waals surface area contributed by atoms with E-state index in [1.165, 1.54) is 0 Å². The zero-order valence-electron chi connectivity index (χ0n) is 10.9. The van der Waals surface area contributed by atoms with Gasteiger partial charge in [-0.3, -0.25) is 0 Å². The van der Waals surface area contributed by atoms with Gasteiger partial charge in [0.2, 0.25) is 0 Å². The molecule has 1 unspecified atom stereocenters. The first-order chi connectivity index (χ1) is 8.99. The average molecular weight is 273 g/mol. The number of ether oxygens (including phenoxy) is 1. The summed E-state index contributed by atoms with van der Waals surface area (Å²) in [6.07, 6.45) is -4.20. The topological polar surface area (TPSA) is 21.3 Å². The molecule has 1 N–H and O–H groups in total. The second-order valence-corrected chi connectivity index (χ2v) is 4.85. The Morgan fingerprint density at radius 1 is 1.26 bits per heavy atom. The zero-order chi connectivity index (χ0) is 13.9. The van der Waals surface area contributed by atoms with Gasteiger partial charge in [0.15, 0.2) is 0 Å². The highest BCUT2D eigenvalue weighted by molar-refractivity contribution is 5.34. The fourth-order valence-corrected chi connectivity index (χ4v) is 2.27. The smallest absolute Gasteiger partial charge is 0.372 e. The molecule has 106 valence electrons. The van der Waals surface area contributed by atoms with Crippen molar-refractivity contribution in [2.45, 2.75) is 45.2 Å². The van der Waals surface area contributed by atoms with Crippen molar-refractivity contribution >= 4 is 0 Å². The summed E-state index contributed by atoms with van der Waals surface area (Å²) < 4.78 is 43.2. The van der Waals surface area contributed by atoms with Gasteiger partial charge in [-0.15, -0.1) is 0 Å². The number of fused-ring (bicyclic) bond motifs is 1. The fraction of sp³-hybridized carbons (Fsp3) is 0.571. The molecule has 5 heteroatoms. The van der Waals surface area contributed by atoms with E-state index in [1.807, 2.05) is 19.1 Å². The lowest BCUT2D eigenvalue weighted by Gasteiger charge is -2.21. The SMILES string of the molecule is CCCNC(CC(F)(F)F)c1ccc2c(c1)COC2. The van der Waals surface area contributed by atoms with Crippen molar-refractivity contribution in [3.05, 3.63) is 34.9 Å². The molecule has 1 aromatic carbocycles. The minimum atomic E-state index is -4.17. The molecule has 0 bridgehead atoms. The van der Waals surface area contributed by atoms with E-state index in [4.69, 9.17) is 4.74 Å². The third-order valence-electron chi connectivity index (χ3n) is 3.22. The number of nitrogens with one attached hydrogen (secondary N) is 1. The van der Waals surface area contributed by atoms with Gasteiger partial charge in [-0.2, -0.15) is 13.2 Å². The van der Waals surface area contributed by atoms with Crippen LogP contribution < -0.4 is 5.32 Å². The van der Waals surface area contributed by atoms with Crippen LogP contribution in [0.3, 0.4) is 0 Å². The molecule has 1 heterocycles. The number of alkyl halides is 3. The van der Waals surface area contributed by atoms with Crippen molar-refractivity contribution in [2.75, 3.05) is 6.54 Å². The van der Waals surface area contributed by atoms with Crippen LogP contribution in [0.1, 0.15) is 42.5 Å². The van der Waals surface area contributed by atoms with Crippen LogP contribution in [0, 0.1) is 0 Å². The third kappa shape index (κ3) is 3.94. The molecule has 0 aromatic heterocycles. The maximum atomic E-state index is 12.6. The van der Waals surface area contributed by atoms with Crippen molar-refractivity contribution < 1.29 is 17.9 Å². The molecule has 0 aliphatic carbocycles. The Morgan fingerprint density at radius 3 is 2.68 bits per heavy atom. The van der Waals surface area contributed by atoms with Crippen molar-refractivity contribution in [1.82, 2.24) is 5.32 Å². The van der Waals surface area contributed by atoms with Crippen LogP contribution in [-0.2, 0) is 18.0 Å². The first kappa shape index (κ1) is 14.3. The van der Waals surface area contributed by atoms with Crippen molar-refractivity contribution in [2.24, 2.45) is 0 Å². The van der Waals surface area contributed by atoms with Crippen LogP contribution >= 0.6 is 0 Å². The number of hydrogen-bond donors (Lipinski definition) is 1. The summed E-state index contributed by atoms with van der Waals surface area (Å²) in [4.78, 5) is 0. The van der Waals surface area contributed by atoms with Crippen molar-refractivity contribution in [3.63, 3.8) is 0 Å². The number of halogens is 3. The molecule has 19 heavy (non-hydrogen) atoms. The predicted molar refractivity (Wildman–Crippen MR) is 66.6 cm³/mol. The minimum absolute atomic E-state index is 0.496. The van der Waals surface area contributed by atoms with E-state index < -0.39 is 18.6 Å². The van der Waals surface area contributed by atoms with E-state index in [0.717, 1.165) is 17.5 Å². The highest BCUT2D eigenvalue weighted by Gasteiger charge is 2.32. The average Bonchev–Trinajstić information content (AvgIpc) is 2.80. The zero-order valence-corrected chi connectivity index (χ0v) is 10.9. The Hall–Kier alpha value is -1.07. The Labute approximate surface area is 111 Å². The van der Waals surface area contributed by atoms with Crippen LogP contribution in [0.2, 0.25) is 0 Å². The molecule has 1 aliphatic rings. The van der Waals surface area contributed by atoms with E-state index in [0.29, 0.717) is 25.3 Å². The first-order valence-electron chi connectivity index (χ1n) is 6.49. The molecule has 2 rings (SSSR count). The van der Waals surface area contributed by atoms with E-state index in [9.17, 15) is 13.2 Å². The van der Waals surface area contributed by atoms with E-state index in [-0.39, 0.29) is 0 Å². The van der Waals surface area contributed by atoms with Crippen molar-refractivity contribution in [3.8, 4) is 0 Å². The maximum absolute atomic E-state index is 12.6. The van der Waals surface area contributed by atoms with Crippen LogP contribution in [0.15, 0.2) is 18.2 Å². The van der Waals surface area contributed by atoms with Gasteiger partial charge in [-0.1, -0.05) is 25.1 Å². The van der Waals surface area contributed by atoms with Crippen LogP contribution in [0.5, 0.6) is 0 Å². The molecule has 0 fully saturated rings. The molecule has 1 aromatic rings. The van der Waals surface area contributed by atoms with E-state index >= 15 is 0 Å². The lowest BCUT2D eigenvalue weighted by atomic mass is 9.98. The molecule has 0 amide bonds. The molecule has 0 saturated heterocycles. The van der Waals surface area contributed by atoms with Gasteiger partial charge in [-0.25, -0.2) is 0 Å². The lowest BCUT2D eigenvalue weighted by Crippen LogP contribution is -2.27. The maximum Gasteiger partial charge on any atom is 0.390 e. The van der Waals surface area contributed by atoms with Gasteiger partial charge in [0.25, 0.3) is 0 Å². The van der Waals surface area contributed by atoms with Crippen molar-refractivity contribution in [1.29, 1.82) is 0 Å². The predicted octanol–water partition coefficient (Wildman–Crippen LogP) is 3.71. The van der Waals surface area contributed by atoms with Gasteiger partial charge < -0.3 is 10.1 Å². The Balaban J connectivity index is 2.17. The minimum Gasteiger partial charge on any atom is -0.372 e. The fourth-order valence-electron chi connectivity index (χ4n) is 2.27. The van der Waals surface area contributed by atoms with Crippen LogP contribution in [-0.4, -0.2) is 12.7 Å². The Bertz CT molecular complexity index is 431. The second kappa shape index (κ2) is 5.92. The van der Waals surface area contributed by atoms with Crippen LogP contribution in [0.25, 0.3) is 0 Å². The van der Waals surface area contributed by atoms with Gasteiger partial charge in [0.1, 0.15) is 0 Å². The largest absolute Gasteiger partial charge is 0.390 e. The second-order valence-electron chi connectivity index (χ2n) is 4.85. The summed E-state index contributed by atoms with van der Waals surface area (Å²) in [7, 11) is 0. The quantitative estimate of drug-likeness (QED) is 0.883. The molecule has 1 aliphatic heterocycles. The normalized spacial score (nSPS) is 16.4. The molecule has 2 nitrogen and oxygen atoms in total. The highest BCUT2D eigenvalue weighted by atomic mass is 19.4. The van der Waals surface area contributed by atoms with Gasteiger partial charge in [0.05, 0.1) is 19.6 Å². The summed E-state index contributed by atoms with van der Waals surface area (Å²) in [5.74, 6) is 0. The summed E-state index contributed by atoms with van der Waals surface area (Å²) in [5.41, 5.74) is 2.77. The van der Waals surface area contributed by atoms with E-state index in [2.05, 4.69) is 5.32 Å². The molecule has 0 radical (unpaired) electrons. The lowest BCUT2D eigenvalue weighted by molar-refractivity contribution is -0.140. The standard InChI is InChI=1S/C14H18F3NO/c1-2-5-18-13(7-14(15,16)17)10-3-4-11-8-19-9-12(11)6-10/h3-4,6,13,18H,2,5,7-9H2,1H3. The highest BCUT2D eigenvalue weighted by Crippen LogP contribution is 2.31. The summed E-state index contributed by atoms with van der Waals surface area (Å²) in [5, 5.41) is 2.97. The van der Waals surface area contributed by atoms with E-state index in [1.54, 1.807) is 6.07 Å². The molecular formula is C14H18F3NO. The van der Waals surface area contributed by atoms with Gasteiger partial charge in [-0.05, 0) is 29.7 Å². The first-order valence-corrected chi connectivity index (χ1v) is 6.49. The molecule has 0 spiro atoms. The molecular weight excluding hydrogens is 255 g/mol. The Morgan fingerprint density at radius 2 is 2.00 bits per heavy atom. The number of benzene rings is 1.